The van der Waals surface area contributed by atoms with Crippen molar-refractivity contribution in [2.24, 2.45) is 0 Å². The Bertz CT molecular complexity index is 907. The molecule has 27 heavy (non-hydrogen) atoms. The molecule has 136 valence electrons. The fraction of sp³-hybridized carbons (Fsp3) is 0.136. The topological polar surface area (TPSA) is 38.3 Å². The van der Waals surface area contributed by atoms with Crippen LogP contribution in [0.3, 0.4) is 0 Å². The Hall–Kier alpha value is -2.37. The predicted molar refractivity (Wildman–Crippen MR) is 115 cm³/mol. The van der Waals surface area contributed by atoms with Crippen LogP contribution in [0.15, 0.2) is 78.9 Å². The molecule has 0 unspecified atom stereocenters. The van der Waals surface area contributed by atoms with Crippen molar-refractivity contribution in [3.63, 3.8) is 0 Å². The second kappa shape index (κ2) is 8.55. The van der Waals surface area contributed by atoms with Crippen molar-refractivity contribution in [2.75, 3.05) is 16.8 Å². The molecule has 0 atom stereocenters. The van der Waals surface area contributed by atoms with Crippen LogP contribution in [0.25, 0.3) is 0 Å². The molecule has 1 aliphatic rings. The van der Waals surface area contributed by atoms with E-state index in [4.69, 9.17) is 4.74 Å². The summed E-state index contributed by atoms with van der Waals surface area (Å²) in [4.78, 5) is 12.7. The first-order chi connectivity index (χ1) is 13.3. The zero-order valence-electron chi connectivity index (χ0n) is 14.6. The minimum Gasteiger partial charge on any atom is -0.455 e. The lowest BCUT2D eigenvalue weighted by atomic mass is 10.1. The molecule has 0 aliphatic carbocycles. The van der Waals surface area contributed by atoms with Crippen LogP contribution in [0.5, 0.6) is 11.5 Å². The normalized spacial score (nSPS) is 14.1. The minimum absolute atomic E-state index is 0.141. The lowest BCUT2D eigenvalue weighted by molar-refractivity contribution is 0.102. The number of carbonyl (C=O) groups excluding carboxylic acids is 1. The van der Waals surface area contributed by atoms with Crippen LogP contribution in [0.2, 0.25) is 0 Å². The van der Waals surface area contributed by atoms with E-state index in [1.165, 1.54) is 17.1 Å². The van der Waals surface area contributed by atoms with E-state index in [9.17, 15) is 4.79 Å². The van der Waals surface area contributed by atoms with Gasteiger partial charge >= 0.3 is 0 Å². The number of carbonyl (C=O) groups is 1. The van der Waals surface area contributed by atoms with E-state index in [2.05, 4.69) is 17.4 Å². The quantitative estimate of drug-likeness (QED) is 0.559. The van der Waals surface area contributed by atoms with E-state index < -0.39 is 0 Å². The van der Waals surface area contributed by atoms with Crippen LogP contribution in [0.1, 0.15) is 20.5 Å². The highest BCUT2D eigenvalue weighted by Crippen LogP contribution is 2.45. The molecule has 3 nitrogen and oxygen atoms in total. The molecule has 4 rings (SSSR count). The Labute approximate surface area is 167 Å². The van der Waals surface area contributed by atoms with Gasteiger partial charge in [-0.15, -0.1) is 23.5 Å². The summed E-state index contributed by atoms with van der Waals surface area (Å²) in [6.45, 7) is 0. The molecule has 1 saturated heterocycles. The molecule has 0 aromatic heterocycles. The van der Waals surface area contributed by atoms with E-state index in [1.807, 2.05) is 90.3 Å². The summed E-state index contributed by atoms with van der Waals surface area (Å²) in [6.07, 6.45) is 0. The SMILES string of the molecule is O=C(Nc1ccccc1Oc1ccccc1)c1ccc(C2SCCS2)cc1. The van der Waals surface area contributed by atoms with Gasteiger partial charge in [0.15, 0.2) is 5.75 Å². The maximum absolute atomic E-state index is 12.7. The molecule has 3 aromatic rings. The van der Waals surface area contributed by atoms with Crippen molar-refractivity contribution < 1.29 is 9.53 Å². The fourth-order valence-electron chi connectivity index (χ4n) is 2.81. The second-order valence-electron chi connectivity index (χ2n) is 6.06. The van der Waals surface area contributed by atoms with Crippen LogP contribution in [0.4, 0.5) is 5.69 Å². The van der Waals surface area contributed by atoms with Crippen LogP contribution in [-0.2, 0) is 0 Å². The zero-order chi connectivity index (χ0) is 18.5. The third kappa shape index (κ3) is 4.49. The molecule has 1 amide bonds. The second-order valence-corrected chi connectivity index (χ2v) is 8.79. The minimum atomic E-state index is -0.141. The number of thioether (sulfide) groups is 2. The van der Waals surface area contributed by atoms with Gasteiger partial charge in [0.05, 0.1) is 10.3 Å². The van der Waals surface area contributed by atoms with E-state index >= 15 is 0 Å². The number of para-hydroxylation sites is 3. The Balaban J connectivity index is 1.48. The number of hydrogen-bond acceptors (Lipinski definition) is 4. The molecule has 0 spiro atoms. The Morgan fingerprint density at radius 2 is 1.52 bits per heavy atom. The Morgan fingerprint density at radius 1 is 0.852 bits per heavy atom. The standard InChI is InChI=1S/C22H19NO2S2/c24-21(16-10-12-17(13-11-16)22-26-14-15-27-22)23-19-8-4-5-9-20(19)25-18-6-2-1-3-7-18/h1-13,22H,14-15H2,(H,23,24). The Kier molecular flexibility index (Phi) is 5.70. The number of ether oxygens (including phenoxy) is 1. The van der Waals surface area contributed by atoms with Crippen LogP contribution < -0.4 is 10.1 Å². The van der Waals surface area contributed by atoms with E-state index in [0.717, 1.165) is 5.75 Å². The number of benzene rings is 3. The highest BCUT2D eigenvalue weighted by atomic mass is 32.2. The van der Waals surface area contributed by atoms with Crippen molar-refractivity contribution in [1.82, 2.24) is 0 Å². The summed E-state index contributed by atoms with van der Waals surface area (Å²) < 4.78 is 6.40. The van der Waals surface area contributed by atoms with Gasteiger partial charge in [0, 0.05) is 17.1 Å². The first-order valence-corrected chi connectivity index (χ1v) is 10.9. The highest BCUT2D eigenvalue weighted by molar-refractivity contribution is 8.19. The molecule has 1 heterocycles. The van der Waals surface area contributed by atoms with Gasteiger partial charge < -0.3 is 10.1 Å². The average molecular weight is 394 g/mol. The third-order valence-corrected chi connectivity index (χ3v) is 7.28. The van der Waals surface area contributed by atoms with Crippen molar-refractivity contribution >= 4 is 35.1 Å². The van der Waals surface area contributed by atoms with Gasteiger partial charge in [-0.3, -0.25) is 4.79 Å². The molecule has 3 aromatic carbocycles. The number of nitrogens with one attached hydrogen (secondary N) is 1. The maximum atomic E-state index is 12.7. The molecule has 0 radical (unpaired) electrons. The maximum Gasteiger partial charge on any atom is 0.255 e. The smallest absolute Gasteiger partial charge is 0.255 e. The number of hydrogen-bond donors (Lipinski definition) is 1. The van der Waals surface area contributed by atoms with Crippen LogP contribution >= 0.6 is 23.5 Å². The van der Waals surface area contributed by atoms with E-state index in [1.54, 1.807) is 0 Å². The largest absolute Gasteiger partial charge is 0.455 e. The molecule has 1 aliphatic heterocycles. The summed E-state index contributed by atoms with van der Waals surface area (Å²) in [5.41, 5.74) is 2.56. The molecule has 5 heteroatoms. The van der Waals surface area contributed by atoms with Gasteiger partial charge in [0.2, 0.25) is 0 Å². The van der Waals surface area contributed by atoms with Crippen molar-refractivity contribution in [3.8, 4) is 11.5 Å². The number of amides is 1. The fourth-order valence-corrected chi connectivity index (χ4v) is 5.67. The predicted octanol–water partition coefficient (Wildman–Crippen LogP) is 6.21. The Morgan fingerprint density at radius 3 is 2.26 bits per heavy atom. The van der Waals surface area contributed by atoms with Crippen molar-refractivity contribution in [3.05, 3.63) is 90.0 Å². The monoisotopic (exact) mass is 393 g/mol. The lowest BCUT2D eigenvalue weighted by Gasteiger charge is -2.13. The molecular formula is C22H19NO2S2. The lowest BCUT2D eigenvalue weighted by Crippen LogP contribution is -2.12. The first kappa shape index (κ1) is 18.0. The van der Waals surface area contributed by atoms with Gasteiger partial charge in [-0.2, -0.15) is 0 Å². The highest BCUT2D eigenvalue weighted by Gasteiger charge is 2.18. The molecule has 1 fully saturated rings. The van der Waals surface area contributed by atoms with E-state index in [-0.39, 0.29) is 5.91 Å². The van der Waals surface area contributed by atoms with Gasteiger partial charge in [-0.1, -0.05) is 42.5 Å². The number of anilines is 1. The average Bonchev–Trinajstić information content (AvgIpc) is 3.25. The summed E-state index contributed by atoms with van der Waals surface area (Å²) in [7, 11) is 0. The summed E-state index contributed by atoms with van der Waals surface area (Å²) >= 11 is 3.92. The number of rotatable bonds is 5. The third-order valence-electron chi connectivity index (χ3n) is 4.17. The van der Waals surface area contributed by atoms with Crippen LogP contribution in [0, 0.1) is 0 Å². The summed E-state index contributed by atoms with van der Waals surface area (Å²) in [5, 5.41) is 2.96. The molecular weight excluding hydrogens is 374 g/mol. The van der Waals surface area contributed by atoms with Crippen molar-refractivity contribution in [1.29, 1.82) is 0 Å². The molecule has 1 N–H and O–H groups in total. The summed E-state index contributed by atoms with van der Waals surface area (Å²) in [5.74, 6) is 3.59. The molecule has 0 bridgehead atoms. The van der Waals surface area contributed by atoms with Crippen LogP contribution in [-0.4, -0.2) is 17.4 Å². The van der Waals surface area contributed by atoms with Gasteiger partial charge in [-0.05, 0) is 42.0 Å². The van der Waals surface area contributed by atoms with Gasteiger partial charge in [0.25, 0.3) is 5.91 Å². The first-order valence-electron chi connectivity index (χ1n) is 8.76. The summed E-state index contributed by atoms with van der Waals surface area (Å²) in [6, 6.07) is 24.9. The van der Waals surface area contributed by atoms with Gasteiger partial charge in [-0.25, -0.2) is 0 Å². The zero-order valence-corrected chi connectivity index (χ0v) is 16.3. The van der Waals surface area contributed by atoms with Gasteiger partial charge in [0.1, 0.15) is 5.75 Å². The van der Waals surface area contributed by atoms with E-state index in [0.29, 0.717) is 21.6 Å². The van der Waals surface area contributed by atoms with Crippen molar-refractivity contribution in [2.45, 2.75) is 4.58 Å². The molecule has 0 saturated carbocycles.